The van der Waals surface area contributed by atoms with Crippen LogP contribution in [0.3, 0.4) is 0 Å². The minimum atomic E-state index is -0.535. The topological polar surface area (TPSA) is 59.3 Å². The molecular weight excluding hydrogens is 391 g/mol. The number of nitrogens with one attached hydrogen (secondary N) is 1. The van der Waals surface area contributed by atoms with Crippen LogP contribution in [0.5, 0.6) is 0 Å². The summed E-state index contributed by atoms with van der Waals surface area (Å²) in [7, 11) is 0. The molecule has 0 aliphatic carbocycles. The maximum atomic E-state index is 11.2. The number of hydrogen-bond donors (Lipinski definition) is 1. The van der Waals surface area contributed by atoms with Crippen LogP contribution in [-0.2, 0) is 4.79 Å². The number of carbonyl (C=O) groups excluding carboxylic acids is 1. The van der Waals surface area contributed by atoms with Gasteiger partial charge in [0.2, 0.25) is 0 Å². The Labute approximate surface area is 134 Å². The first-order chi connectivity index (χ1) is 9.61. The lowest BCUT2D eigenvalue weighted by molar-refractivity contribution is -0.111. The van der Waals surface area contributed by atoms with Gasteiger partial charge in [0.15, 0.2) is 18.3 Å². The second kappa shape index (κ2) is 5.17. The number of hydrogen-bond acceptors (Lipinski definition) is 4. The van der Waals surface area contributed by atoms with E-state index in [-0.39, 0.29) is 0 Å². The third kappa shape index (κ3) is 2.12. The van der Waals surface area contributed by atoms with E-state index < -0.39 is 6.17 Å². The molecule has 2 heterocycles. The van der Waals surface area contributed by atoms with Crippen LogP contribution in [0.15, 0.2) is 29.3 Å². The Balaban J connectivity index is 2.22. The van der Waals surface area contributed by atoms with Gasteiger partial charge in [-0.15, -0.1) is 0 Å². The molecule has 0 spiro atoms. The van der Waals surface area contributed by atoms with Crippen molar-refractivity contribution in [3.05, 3.63) is 32.9 Å². The second-order valence-electron chi connectivity index (χ2n) is 4.33. The minimum Gasteiger partial charge on any atom is -0.346 e. The molecule has 0 fully saturated rings. The largest absolute Gasteiger partial charge is 0.346 e. The average molecular weight is 401 g/mol. The van der Waals surface area contributed by atoms with E-state index >= 15 is 0 Å². The molecule has 1 atom stereocenters. The third-order valence-corrected chi connectivity index (χ3v) is 4.30. The van der Waals surface area contributed by atoms with Gasteiger partial charge in [-0.1, -0.05) is 29.8 Å². The molecule has 20 heavy (non-hydrogen) atoms. The van der Waals surface area contributed by atoms with E-state index in [1.807, 2.05) is 31.2 Å². The van der Waals surface area contributed by atoms with Crippen molar-refractivity contribution in [1.29, 1.82) is 0 Å². The lowest BCUT2D eigenvalue weighted by atomic mass is 10.1. The van der Waals surface area contributed by atoms with Crippen molar-refractivity contribution in [3.63, 3.8) is 0 Å². The van der Waals surface area contributed by atoms with E-state index in [0.29, 0.717) is 16.7 Å². The van der Waals surface area contributed by atoms with E-state index in [1.165, 1.54) is 0 Å². The number of amidine groups is 1. The smallest absolute Gasteiger partial charge is 0.180 e. The predicted octanol–water partition coefficient (Wildman–Crippen LogP) is 3.16. The number of carbonyl (C=O) groups is 1. The van der Waals surface area contributed by atoms with Gasteiger partial charge in [-0.2, -0.15) is 5.10 Å². The number of aldehydes is 1. The number of aromatic nitrogens is 2. The summed E-state index contributed by atoms with van der Waals surface area (Å²) in [6.07, 6.45) is 0.272. The van der Waals surface area contributed by atoms with Crippen LogP contribution >= 0.6 is 34.2 Å². The number of fused-ring (bicyclic) bond motifs is 1. The predicted molar refractivity (Wildman–Crippen MR) is 86.4 cm³/mol. The first-order valence-corrected chi connectivity index (χ1v) is 7.37. The number of aliphatic imine (C=N–C) groups is 1. The van der Waals surface area contributed by atoms with Gasteiger partial charge in [0.25, 0.3) is 0 Å². The fraction of sp³-hybridized carbons (Fsp3) is 0.154. The van der Waals surface area contributed by atoms with Gasteiger partial charge in [0.1, 0.15) is 11.5 Å². The molecule has 5 nitrogen and oxygen atoms in total. The van der Waals surface area contributed by atoms with Gasteiger partial charge in [-0.25, -0.2) is 9.67 Å². The van der Waals surface area contributed by atoms with Crippen LogP contribution in [0, 0.1) is 3.57 Å². The number of rotatable bonds is 2. The van der Waals surface area contributed by atoms with Gasteiger partial charge < -0.3 is 5.32 Å². The summed E-state index contributed by atoms with van der Waals surface area (Å²) in [5, 5.41) is 8.09. The van der Waals surface area contributed by atoms with Crippen molar-refractivity contribution in [2.75, 3.05) is 0 Å². The molecule has 1 aromatic carbocycles. The van der Waals surface area contributed by atoms with E-state index in [9.17, 15) is 4.79 Å². The number of nitrogens with zero attached hydrogens (tertiary/aromatic N) is 3. The molecule has 0 radical (unpaired) electrons. The fourth-order valence-electron chi connectivity index (χ4n) is 2.08. The van der Waals surface area contributed by atoms with Crippen LogP contribution in [0.2, 0.25) is 5.02 Å². The third-order valence-electron chi connectivity index (χ3n) is 2.98. The van der Waals surface area contributed by atoms with E-state index in [1.54, 1.807) is 4.68 Å². The summed E-state index contributed by atoms with van der Waals surface area (Å²) in [6.45, 7) is 1.82. The molecule has 0 saturated carbocycles. The summed E-state index contributed by atoms with van der Waals surface area (Å²) in [5.41, 5.74) is 1.57. The summed E-state index contributed by atoms with van der Waals surface area (Å²) in [5.74, 6) is 1.37. The van der Waals surface area contributed by atoms with Gasteiger partial charge in [0.05, 0.1) is 8.59 Å². The van der Waals surface area contributed by atoms with E-state index in [0.717, 1.165) is 21.1 Å². The highest BCUT2D eigenvalue weighted by atomic mass is 127. The molecule has 2 aromatic rings. The molecule has 3 rings (SSSR count). The lowest BCUT2D eigenvalue weighted by Crippen LogP contribution is -2.35. The maximum absolute atomic E-state index is 11.2. The molecule has 0 saturated heterocycles. The van der Waals surface area contributed by atoms with Crippen molar-refractivity contribution in [2.24, 2.45) is 4.99 Å². The van der Waals surface area contributed by atoms with E-state index in [4.69, 9.17) is 11.6 Å². The minimum absolute atomic E-state index is 0.535. The Hall–Kier alpha value is -1.41. The summed E-state index contributed by atoms with van der Waals surface area (Å²) < 4.78 is 2.46. The Morgan fingerprint density at radius 2 is 2.20 bits per heavy atom. The van der Waals surface area contributed by atoms with Crippen molar-refractivity contribution in [2.45, 2.75) is 13.1 Å². The zero-order chi connectivity index (χ0) is 14.3. The van der Waals surface area contributed by atoms with Crippen LogP contribution in [0.4, 0.5) is 5.82 Å². The highest BCUT2D eigenvalue weighted by Crippen LogP contribution is 2.37. The van der Waals surface area contributed by atoms with Crippen molar-refractivity contribution in [3.8, 4) is 11.3 Å². The molecule has 1 aliphatic heterocycles. The first-order valence-electron chi connectivity index (χ1n) is 5.92. The van der Waals surface area contributed by atoms with Crippen molar-refractivity contribution in [1.82, 2.24) is 15.1 Å². The fourth-order valence-corrected chi connectivity index (χ4v) is 3.07. The molecule has 1 N–H and O–H groups in total. The summed E-state index contributed by atoms with van der Waals surface area (Å²) >= 11 is 8.40. The van der Waals surface area contributed by atoms with Gasteiger partial charge in [0, 0.05) is 5.56 Å². The highest BCUT2D eigenvalue weighted by Gasteiger charge is 2.26. The van der Waals surface area contributed by atoms with Gasteiger partial charge in [-0.3, -0.25) is 4.79 Å². The first kappa shape index (κ1) is 13.6. The molecule has 1 aliphatic rings. The Morgan fingerprint density at radius 3 is 2.90 bits per heavy atom. The molecule has 0 amide bonds. The van der Waals surface area contributed by atoms with E-state index in [2.05, 4.69) is 38.0 Å². The SMILES string of the molecule is CC1=Nc2c(I)c(-c3ccccc3Cl)nn2C(C=O)N1. The van der Waals surface area contributed by atoms with Crippen molar-refractivity contribution >= 4 is 52.1 Å². The van der Waals surface area contributed by atoms with Crippen molar-refractivity contribution < 1.29 is 4.79 Å². The Kier molecular flexibility index (Phi) is 3.51. The zero-order valence-electron chi connectivity index (χ0n) is 10.5. The molecule has 0 bridgehead atoms. The van der Waals surface area contributed by atoms with Gasteiger partial charge in [-0.05, 0) is 35.6 Å². The zero-order valence-corrected chi connectivity index (χ0v) is 13.4. The maximum Gasteiger partial charge on any atom is 0.180 e. The van der Waals surface area contributed by atoms with Crippen LogP contribution in [0.25, 0.3) is 11.3 Å². The average Bonchev–Trinajstić information content (AvgIpc) is 2.76. The standard InChI is InChI=1S/C13H10ClIN4O/c1-7-16-10(6-20)19-13(17-7)11(15)12(18-19)8-4-2-3-5-9(8)14/h2-6,10H,1H3,(H,16,17). The normalized spacial score (nSPS) is 17.1. The quantitative estimate of drug-likeness (QED) is 0.622. The van der Waals surface area contributed by atoms with Crippen LogP contribution in [0.1, 0.15) is 13.1 Å². The lowest BCUT2D eigenvalue weighted by Gasteiger charge is -2.20. The summed E-state index contributed by atoms with van der Waals surface area (Å²) in [6, 6.07) is 7.49. The van der Waals surface area contributed by atoms with Crippen LogP contribution < -0.4 is 5.32 Å². The molecular formula is C13H10ClIN4O. The highest BCUT2D eigenvalue weighted by molar-refractivity contribution is 14.1. The Morgan fingerprint density at radius 1 is 1.45 bits per heavy atom. The Bertz CT molecular complexity index is 725. The van der Waals surface area contributed by atoms with Crippen LogP contribution in [-0.4, -0.2) is 21.9 Å². The molecule has 1 aromatic heterocycles. The molecule has 7 heteroatoms. The molecule has 1 unspecified atom stereocenters. The molecule has 102 valence electrons. The summed E-state index contributed by atoms with van der Waals surface area (Å²) in [4.78, 5) is 15.6. The van der Waals surface area contributed by atoms with Gasteiger partial charge >= 0.3 is 0 Å². The second-order valence-corrected chi connectivity index (χ2v) is 5.82. The number of benzene rings is 1. The number of halogens is 2. The monoisotopic (exact) mass is 400 g/mol.